The van der Waals surface area contributed by atoms with Crippen LogP contribution in [-0.4, -0.2) is 61.0 Å². The number of rotatable bonds is 4. The van der Waals surface area contributed by atoms with Crippen molar-refractivity contribution >= 4 is 5.65 Å². The number of aromatic amines is 1. The number of aromatic nitrogens is 6. The Bertz CT molecular complexity index is 753. The van der Waals surface area contributed by atoms with Crippen LogP contribution in [0.4, 0.5) is 0 Å². The Kier molecular flexibility index (Phi) is 3.32. The molecule has 0 aromatic carbocycles. The molecule has 0 radical (unpaired) electrons. The van der Waals surface area contributed by atoms with Crippen molar-refractivity contribution in [2.75, 3.05) is 20.2 Å². The Morgan fingerprint density at radius 3 is 3.09 bits per heavy atom. The van der Waals surface area contributed by atoms with Crippen molar-refractivity contribution in [1.82, 2.24) is 34.7 Å². The van der Waals surface area contributed by atoms with Gasteiger partial charge in [-0.15, -0.1) is 0 Å². The molecule has 1 N–H and O–H groups in total. The summed E-state index contributed by atoms with van der Waals surface area (Å²) >= 11 is 0. The second-order valence-electron chi connectivity index (χ2n) is 5.52. The summed E-state index contributed by atoms with van der Waals surface area (Å²) in [5, 5.41) is 10.8. The van der Waals surface area contributed by atoms with Gasteiger partial charge in [-0.2, -0.15) is 15.4 Å². The third-order valence-corrected chi connectivity index (χ3v) is 4.24. The molecular formula is C14H17N7O. The van der Waals surface area contributed by atoms with Crippen LogP contribution in [0.15, 0.2) is 31.0 Å². The third-order valence-electron chi connectivity index (χ3n) is 4.24. The van der Waals surface area contributed by atoms with E-state index in [4.69, 9.17) is 4.74 Å². The number of hydrogen-bond acceptors (Lipinski definition) is 6. The van der Waals surface area contributed by atoms with Crippen LogP contribution in [0.25, 0.3) is 5.65 Å². The molecule has 1 saturated heterocycles. The molecule has 8 nitrogen and oxygen atoms in total. The molecule has 0 unspecified atom stereocenters. The minimum Gasteiger partial charge on any atom is -0.379 e. The summed E-state index contributed by atoms with van der Waals surface area (Å²) in [6, 6.07) is 0. The van der Waals surface area contributed by atoms with Gasteiger partial charge >= 0.3 is 0 Å². The number of fused-ring (bicyclic) bond motifs is 1. The van der Waals surface area contributed by atoms with E-state index in [0.717, 1.165) is 36.7 Å². The largest absolute Gasteiger partial charge is 0.379 e. The van der Waals surface area contributed by atoms with Gasteiger partial charge in [-0.1, -0.05) is 0 Å². The van der Waals surface area contributed by atoms with E-state index in [-0.39, 0.29) is 12.0 Å². The van der Waals surface area contributed by atoms with Crippen LogP contribution in [0.1, 0.15) is 17.3 Å². The molecule has 4 heterocycles. The van der Waals surface area contributed by atoms with Gasteiger partial charge in [0.1, 0.15) is 0 Å². The summed E-state index contributed by atoms with van der Waals surface area (Å²) in [7, 11) is 1.75. The average Bonchev–Trinajstić information content (AvgIpc) is 3.26. The summed E-state index contributed by atoms with van der Waals surface area (Å²) in [6.07, 6.45) is 9.30. The number of nitrogens with zero attached hydrogens (tertiary/aromatic N) is 6. The first-order valence-corrected chi connectivity index (χ1v) is 7.22. The van der Waals surface area contributed by atoms with E-state index in [1.807, 2.05) is 12.4 Å². The molecule has 0 aliphatic carbocycles. The van der Waals surface area contributed by atoms with Crippen molar-refractivity contribution in [3.05, 3.63) is 42.4 Å². The highest BCUT2D eigenvalue weighted by molar-refractivity contribution is 5.36. The van der Waals surface area contributed by atoms with Gasteiger partial charge < -0.3 is 4.74 Å². The highest BCUT2D eigenvalue weighted by Gasteiger charge is 2.35. The Hall–Kier alpha value is -2.32. The molecule has 114 valence electrons. The van der Waals surface area contributed by atoms with E-state index < -0.39 is 0 Å². The van der Waals surface area contributed by atoms with Crippen LogP contribution in [0.2, 0.25) is 0 Å². The minimum atomic E-state index is 0.131. The van der Waals surface area contributed by atoms with Crippen molar-refractivity contribution in [3.63, 3.8) is 0 Å². The van der Waals surface area contributed by atoms with Gasteiger partial charge in [-0.3, -0.25) is 14.3 Å². The summed E-state index contributed by atoms with van der Waals surface area (Å²) in [4.78, 5) is 10.8. The maximum atomic E-state index is 5.63. The Morgan fingerprint density at radius 2 is 2.27 bits per heavy atom. The first-order chi connectivity index (χ1) is 10.8. The smallest absolute Gasteiger partial charge is 0.155 e. The van der Waals surface area contributed by atoms with E-state index in [1.165, 1.54) is 0 Å². The molecule has 8 heteroatoms. The maximum absolute atomic E-state index is 5.63. The topological polar surface area (TPSA) is 84.2 Å². The van der Waals surface area contributed by atoms with Crippen molar-refractivity contribution in [1.29, 1.82) is 0 Å². The fourth-order valence-electron chi connectivity index (χ4n) is 3.13. The van der Waals surface area contributed by atoms with Crippen LogP contribution >= 0.6 is 0 Å². The van der Waals surface area contributed by atoms with Crippen LogP contribution < -0.4 is 0 Å². The molecule has 4 rings (SSSR count). The molecule has 2 atom stereocenters. The fraction of sp³-hybridized carbons (Fsp3) is 0.429. The molecule has 1 aliphatic heterocycles. The average molecular weight is 299 g/mol. The number of nitrogens with one attached hydrogen (secondary N) is 1. The number of likely N-dealkylation sites (tertiary alicyclic amines) is 1. The van der Waals surface area contributed by atoms with Gasteiger partial charge in [0.05, 0.1) is 36.1 Å². The zero-order valence-corrected chi connectivity index (χ0v) is 12.3. The lowest BCUT2D eigenvalue weighted by atomic mass is 10.0. The van der Waals surface area contributed by atoms with Gasteiger partial charge in [-0.25, -0.2) is 4.98 Å². The van der Waals surface area contributed by atoms with Gasteiger partial charge in [0.15, 0.2) is 5.65 Å². The first kappa shape index (κ1) is 13.4. The zero-order valence-electron chi connectivity index (χ0n) is 12.3. The Labute approximate surface area is 127 Å². The predicted molar refractivity (Wildman–Crippen MR) is 78.2 cm³/mol. The molecule has 1 aliphatic rings. The fourth-order valence-corrected chi connectivity index (χ4v) is 3.13. The van der Waals surface area contributed by atoms with Crippen molar-refractivity contribution in [3.8, 4) is 0 Å². The molecule has 3 aromatic heterocycles. The SMILES string of the molecule is CO[C@@H]1CN(Cc2cnc3cnccn23)C[C@H]1c1cn[nH]n1. The second-order valence-corrected chi connectivity index (χ2v) is 5.52. The third kappa shape index (κ3) is 2.26. The lowest BCUT2D eigenvalue weighted by molar-refractivity contribution is 0.0956. The molecule has 22 heavy (non-hydrogen) atoms. The summed E-state index contributed by atoms with van der Waals surface area (Å²) in [6.45, 7) is 2.58. The number of H-pyrrole nitrogens is 1. The van der Waals surface area contributed by atoms with Gasteiger partial charge in [0.25, 0.3) is 0 Å². The molecule has 1 fully saturated rings. The number of methoxy groups -OCH3 is 1. The molecule has 0 spiro atoms. The maximum Gasteiger partial charge on any atom is 0.155 e. The molecule has 3 aromatic rings. The zero-order chi connectivity index (χ0) is 14.9. The van der Waals surface area contributed by atoms with Gasteiger partial charge in [0.2, 0.25) is 0 Å². The molecule has 0 amide bonds. The van der Waals surface area contributed by atoms with Crippen LogP contribution in [-0.2, 0) is 11.3 Å². The van der Waals surface area contributed by atoms with Crippen LogP contribution in [0, 0.1) is 0 Å². The number of ether oxygens (including phenoxy) is 1. The van der Waals surface area contributed by atoms with Gasteiger partial charge in [0, 0.05) is 45.1 Å². The molecular weight excluding hydrogens is 282 g/mol. The van der Waals surface area contributed by atoms with E-state index >= 15 is 0 Å². The standard InChI is InChI=1S/C14H17N7O/c1-22-13-9-20(8-11(13)12-5-17-19-18-12)7-10-4-16-14-6-15-2-3-21(10)14/h2-6,11,13H,7-9H2,1H3,(H,17,18,19)/t11-,13+/m0/s1. The molecule has 0 bridgehead atoms. The minimum absolute atomic E-state index is 0.131. The highest BCUT2D eigenvalue weighted by atomic mass is 16.5. The van der Waals surface area contributed by atoms with E-state index in [9.17, 15) is 0 Å². The lowest BCUT2D eigenvalue weighted by Gasteiger charge is -2.14. The summed E-state index contributed by atoms with van der Waals surface area (Å²) < 4.78 is 7.70. The number of imidazole rings is 1. The lowest BCUT2D eigenvalue weighted by Crippen LogP contribution is -2.23. The predicted octanol–water partition coefficient (Wildman–Crippen LogP) is 0.462. The van der Waals surface area contributed by atoms with Crippen LogP contribution in [0.5, 0.6) is 0 Å². The van der Waals surface area contributed by atoms with Crippen molar-refractivity contribution in [2.45, 2.75) is 18.6 Å². The normalized spacial score (nSPS) is 22.6. The second kappa shape index (κ2) is 5.47. The van der Waals surface area contributed by atoms with Gasteiger partial charge in [-0.05, 0) is 0 Å². The Morgan fingerprint density at radius 1 is 1.32 bits per heavy atom. The monoisotopic (exact) mass is 299 g/mol. The van der Waals surface area contributed by atoms with E-state index in [1.54, 1.807) is 25.7 Å². The summed E-state index contributed by atoms with van der Waals surface area (Å²) in [5.74, 6) is 0.240. The van der Waals surface area contributed by atoms with Crippen LogP contribution in [0.3, 0.4) is 0 Å². The van der Waals surface area contributed by atoms with Crippen molar-refractivity contribution in [2.24, 2.45) is 0 Å². The first-order valence-electron chi connectivity index (χ1n) is 7.22. The summed E-state index contributed by atoms with van der Waals surface area (Å²) in [5.41, 5.74) is 2.97. The Balaban J connectivity index is 1.54. The quantitative estimate of drug-likeness (QED) is 0.753. The van der Waals surface area contributed by atoms with Crippen molar-refractivity contribution < 1.29 is 4.74 Å². The van der Waals surface area contributed by atoms with E-state index in [0.29, 0.717) is 0 Å². The van der Waals surface area contributed by atoms with E-state index in [2.05, 4.69) is 34.7 Å². The number of hydrogen-bond donors (Lipinski definition) is 1. The molecule has 0 saturated carbocycles. The highest BCUT2D eigenvalue weighted by Crippen LogP contribution is 2.28.